The molecule has 2 aromatic rings. The molecule has 0 bridgehead atoms. The van der Waals surface area contributed by atoms with Gasteiger partial charge in [-0.2, -0.15) is 4.31 Å². The van der Waals surface area contributed by atoms with Gasteiger partial charge < -0.3 is 14.8 Å². The van der Waals surface area contributed by atoms with Crippen molar-refractivity contribution in [2.45, 2.75) is 56.5 Å². The summed E-state index contributed by atoms with van der Waals surface area (Å²) >= 11 is 6.47. The predicted molar refractivity (Wildman–Crippen MR) is 148 cm³/mol. The van der Waals surface area contributed by atoms with Gasteiger partial charge in [0.1, 0.15) is 12.4 Å². The summed E-state index contributed by atoms with van der Waals surface area (Å²) in [5, 5.41) is 3.69. The lowest BCUT2D eigenvalue weighted by molar-refractivity contribution is -0.126. The van der Waals surface area contributed by atoms with Crippen molar-refractivity contribution >= 4 is 27.5 Å². The number of halogens is 1. The third-order valence-corrected chi connectivity index (χ3v) is 10.0. The summed E-state index contributed by atoms with van der Waals surface area (Å²) in [5.41, 5.74) is 2.31. The molecular weight excluding hydrogens is 526 g/mol. The second-order valence-electron chi connectivity index (χ2n) is 10.1. The molecule has 2 aromatic carbocycles. The number of benzene rings is 2. The van der Waals surface area contributed by atoms with Crippen molar-refractivity contribution in [3.05, 3.63) is 58.1 Å². The Morgan fingerprint density at radius 3 is 2.45 bits per heavy atom. The molecule has 4 rings (SSSR count). The summed E-state index contributed by atoms with van der Waals surface area (Å²) in [6.07, 6.45) is 3.71. The molecule has 1 amide bonds. The second-order valence-corrected chi connectivity index (χ2v) is 12.3. The van der Waals surface area contributed by atoms with Gasteiger partial charge in [0.25, 0.3) is 0 Å². The van der Waals surface area contributed by atoms with Crippen LogP contribution < -0.4 is 10.1 Å². The van der Waals surface area contributed by atoms with Crippen LogP contribution in [0.2, 0.25) is 5.02 Å². The number of amides is 1. The molecular formula is C28H38ClN3O5S. The normalized spacial score (nSPS) is 19.5. The molecule has 1 N–H and O–H groups in total. The fourth-order valence-corrected chi connectivity index (χ4v) is 7.98. The van der Waals surface area contributed by atoms with E-state index in [1.54, 1.807) is 33.1 Å². The molecule has 2 fully saturated rings. The number of ether oxygens (including phenoxy) is 2. The van der Waals surface area contributed by atoms with Crippen LogP contribution in [0.15, 0.2) is 41.3 Å². The highest BCUT2D eigenvalue weighted by atomic mass is 35.5. The molecule has 2 atom stereocenters. The van der Waals surface area contributed by atoms with Gasteiger partial charge >= 0.3 is 0 Å². The number of nitrogens with one attached hydrogen (secondary N) is 1. The summed E-state index contributed by atoms with van der Waals surface area (Å²) in [4.78, 5) is 15.3. The van der Waals surface area contributed by atoms with Gasteiger partial charge in [-0.1, -0.05) is 29.8 Å². The first-order chi connectivity index (χ1) is 18.2. The van der Waals surface area contributed by atoms with E-state index in [0.29, 0.717) is 46.3 Å². The zero-order valence-corrected chi connectivity index (χ0v) is 24.0. The van der Waals surface area contributed by atoms with Crippen molar-refractivity contribution in [3.8, 4) is 5.75 Å². The number of sulfonamides is 1. The van der Waals surface area contributed by atoms with Gasteiger partial charge in [-0.25, -0.2) is 8.42 Å². The fraction of sp³-hybridized carbons (Fsp3) is 0.536. The van der Waals surface area contributed by atoms with Crippen molar-refractivity contribution in [2.24, 2.45) is 0 Å². The highest BCUT2D eigenvalue weighted by Gasteiger charge is 2.37. The maximum Gasteiger partial charge on any atom is 0.246 e. The number of nitrogens with zero attached hydrogens (tertiary/aromatic N) is 2. The largest absolute Gasteiger partial charge is 0.497 e. The molecule has 2 heterocycles. The highest BCUT2D eigenvalue weighted by Crippen LogP contribution is 2.33. The highest BCUT2D eigenvalue weighted by molar-refractivity contribution is 7.89. The van der Waals surface area contributed by atoms with Crippen molar-refractivity contribution in [2.75, 3.05) is 46.5 Å². The monoisotopic (exact) mass is 563 g/mol. The fourth-order valence-electron chi connectivity index (χ4n) is 5.63. The molecule has 0 saturated carbocycles. The minimum absolute atomic E-state index is 0.00147. The molecule has 2 aliphatic heterocycles. The lowest BCUT2D eigenvalue weighted by Gasteiger charge is -2.29. The first-order valence-electron chi connectivity index (χ1n) is 13.2. The minimum Gasteiger partial charge on any atom is -0.497 e. The molecule has 38 heavy (non-hydrogen) atoms. The number of aryl methyl sites for hydroxylation is 2. The average molecular weight is 564 g/mol. The average Bonchev–Trinajstić information content (AvgIpc) is 3.57. The standard InChI is InChI=1S/C28H38ClN3O5S/c1-20-15-23(36-3)16-21(2)28(20)38(34,35)32-14-8-9-22(32)18-37-19-27(33)30-17-26(31-12-6-7-13-31)24-10-4-5-11-25(24)29/h4-5,10-11,15-16,22,26H,6-9,12-14,17-19H2,1-3H3,(H,30,33). The Hall–Kier alpha value is -2.17. The Bertz CT molecular complexity index is 1210. The van der Waals surface area contributed by atoms with Crippen LogP contribution >= 0.6 is 11.6 Å². The molecule has 2 unspecified atom stereocenters. The third-order valence-electron chi connectivity index (χ3n) is 7.44. The van der Waals surface area contributed by atoms with E-state index in [0.717, 1.165) is 37.9 Å². The first-order valence-corrected chi connectivity index (χ1v) is 15.0. The summed E-state index contributed by atoms with van der Waals surface area (Å²) in [5.74, 6) is 0.406. The molecule has 208 valence electrons. The SMILES string of the molecule is COc1cc(C)c(S(=O)(=O)N2CCCC2COCC(=O)NCC(c2ccccc2Cl)N2CCCC2)c(C)c1. The number of likely N-dealkylation sites (tertiary alicyclic amines) is 1. The quantitative estimate of drug-likeness (QED) is 0.443. The van der Waals surface area contributed by atoms with Gasteiger partial charge in [0.05, 0.1) is 24.7 Å². The van der Waals surface area contributed by atoms with Crippen LogP contribution in [0.1, 0.15) is 48.4 Å². The van der Waals surface area contributed by atoms with E-state index >= 15 is 0 Å². The molecule has 0 aliphatic carbocycles. The topological polar surface area (TPSA) is 88.2 Å². The maximum atomic E-state index is 13.6. The van der Waals surface area contributed by atoms with Crippen LogP contribution in [0.25, 0.3) is 0 Å². The van der Waals surface area contributed by atoms with Crippen LogP contribution in [0.4, 0.5) is 0 Å². The number of carbonyl (C=O) groups is 1. The predicted octanol–water partition coefficient (Wildman–Crippen LogP) is 4.09. The Balaban J connectivity index is 1.34. The number of hydrogen-bond donors (Lipinski definition) is 1. The molecule has 0 radical (unpaired) electrons. The second kappa shape index (κ2) is 12.8. The van der Waals surface area contributed by atoms with Crippen LogP contribution in [0.5, 0.6) is 5.75 Å². The van der Waals surface area contributed by atoms with E-state index < -0.39 is 10.0 Å². The van der Waals surface area contributed by atoms with Crippen molar-refractivity contribution < 1.29 is 22.7 Å². The minimum atomic E-state index is -3.71. The maximum absolute atomic E-state index is 13.6. The van der Waals surface area contributed by atoms with E-state index in [4.69, 9.17) is 21.1 Å². The summed E-state index contributed by atoms with van der Waals surface area (Å²) < 4.78 is 39.7. The zero-order chi connectivity index (χ0) is 27.3. The van der Waals surface area contributed by atoms with Crippen molar-refractivity contribution in [1.29, 1.82) is 0 Å². The lowest BCUT2D eigenvalue weighted by Crippen LogP contribution is -2.41. The molecule has 2 saturated heterocycles. The molecule has 8 nitrogen and oxygen atoms in total. The van der Waals surface area contributed by atoms with Gasteiger partial charge in [-0.15, -0.1) is 0 Å². The molecule has 0 aromatic heterocycles. The van der Waals surface area contributed by atoms with Crippen LogP contribution in [-0.4, -0.2) is 76.1 Å². The van der Waals surface area contributed by atoms with E-state index in [1.807, 2.05) is 24.3 Å². The Kier molecular flexibility index (Phi) is 9.70. The first kappa shape index (κ1) is 28.8. The summed E-state index contributed by atoms with van der Waals surface area (Å²) in [7, 11) is -2.15. The lowest BCUT2D eigenvalue weighted by atomic mass is 10.1. The van der Waals surface area contributed by atoms with E-state index in [-0.39, 0.29) is 31.2 Å². The van der Waals surface area contributed by atoms with Crippen LogP contribution in [0, 0.1) is 13.8 Å². The number of methoxy groups -OCH3 is 1. The van der Waals surface area contributed by atoms with Gasteiger partial charge in [0, 0.05) is 24.2 Å². The smallest absolute Gasteiger partial charge is 0.246 e. The van der Waals surface area contributed by atoms with Crippen molar-refractivity contribution in [1.82, 2.24) is 14.5 Å². The van der Waals surface area contributed by atoms with Gasteiger partial charge in [-0.3, -0.25) is 9.69 Å². The van der Waals surface area contributed by atoms with Gasteiger partial charge in [-0.05, 0) is 87.5 Å². The molecule has 10 heteroatoms. The molecule has 2 aliphatic rings. The summed E-state index contributed by atoms with van der Waals surface area (Å²) in [6, 6.07) is 10.9. The van der Waals surface area contributed by atoms with Gasteiger partial charge in [0.2, 0.25) is 15.9 Å². The van der Waals surface area contributed by atoms with E-state index in [9.17, 15) is 13.2 Å². The van der Waals surface area contributed by atoms with E-state index in [2.05, 4.69) is 10.2 Å². The van der Waals surface area contributed by atoms with Crippen molar-refractivity contribution in [3.63, 3.8) is 0 Å². The van der Waals surface area contributed by atoms with Crippen LogP contribution in [-0.2, 0) is 19.6 Å². The number of carbonyl (C=O) groups excluding carboxylic acids is 1. The zero-order valence-electron chi connectivity index (χ0n) is 22.4. The number of hydrogen-bond acceptors (Lipinski definition) is 6. The Labute approximate surface area is 231 Å². The summed E-state index contributed by atoms with van der Waals surface area (Å²) in [6.45, 7) is 6.43. The molecule has 0 spiro atoms. The Morgan fingerprint density at radius 2 is 1.79 bits per heavy atom. The van der Waals surface area contributed by atoms with Gasteiger partial charge in [0.15, 0.2) is 0 Å². The third kappa shape index (κ3) is 6.51. The van der Waals surface area contributed by atoms with Crippen LogP contribution in [0.3, 0.4) is 0 Å². The Morgan fingerprint density at radius 1 is 1.11 bits per heavy atom. The number of rotatable bonds is 11. The van der Waals surface area contributed by atoms with E-state index in [1.165, 1.54) is 4.31 Å².